The molecule has 2 N–H and O–H groups in total. The number of piperidine rings is 1. The van der Waals surface area contributed by atoms with Crippen LogP contribution in [0.5, 0.6) is 5.75 Å². The largest absolute Gasteiger partial charge is 0.508 e. The Kier molecular flexibility index (Phi) is 4.19. The van der Waals surface area contributed by atoms with Crippen LogP contribution in [0.1, 0.15) is 45.9 Å². The monoisotopic (exact) mass is 348 g/mol. The number of rotatable bonds is 2. The van der Waals surface area contributed by atoms with Gasteiger partial charge >= 0.3 is 0 Å². The number of amides is 1. The number of carbonyl (C=O) groups is 1. The van der Waals surface area contributed by atoms with E-state index in [-0.39, 0.29) is 5.91 Å². The summed E-state index contributed by atoms with van der Waals surface area (Å²) >= 11 is 0. The molecule has 0 saturated carbocycles. The number of H-pyrrole nitrogens is 1. The van der Waals surface area contributed by atoms with Crippen molar-refractivity contribution in [1.29, 1.82) is 0 Å². The maximum atomic E-state index is 13.0. The highest BCUT2D eigenvalue weighted by Crippen LogP contribution is 2.31. The van der Waals surface area contributed by atoms with Crippen LogP contribution in [-0.2, 0) is 0 Å². The summed E-state index contributed by atoms with van der Waals surface area (Å²) < 4.78 is 0. The van der Waals surface area contributed by atoms with E-state index >= 15 is 0 Å². The van der Waals surface area contributed by atoms with E-state index in [0.717, 1.165) is 48.0 Å². The molecule has 0 bridgehead atoms. The Balaban J connectivity index is 1.51. The van der Waals surface area contributed by atoms with Gasteiger partial charge in [-0.15, -0.1) is 0 Å². The van der Waals surface area contributed by atoms with Crippen LogP contribution in [0.25, 0.3) is 10.9 Å². The van der Waals surface area contributed by atoms with Gasteiger partial charge in [0.05, 0.1) is 0 Å². The molecule has 26 heavy (non-hydrogen) atoms. The van der Waals surface area contributed by atoms with E-state index in [4.69, 9.17) is 0 Å². The summed E-state index contributed by atoms with van der Waals surface area (Å²) in [6.45, 7) is 5.57. The molecule has 1 fully saturated rings. The minimum absolute atomic E-state index is 0.0886. The van der Waals surface area contributed by atoms with Gasteiger partial charge in [0.2, 0.25) is 0 Å². The van der Waals surface area contributed by atoms with E-state index in [1.54, 1.807) is 6.07 Å². The number of hydrogen-bond donors (Lipinski definition) is 2. The summed E-state index contributed by atoms with van der Waals surface area (Å²) in [5, 5.41) is 10.8. The lowest BCUT2D eigenvalue weighted by atomic mass is 9.89. The second-order valence-corrected chi connectivity index (χ2v) is 7.34. The molecule has 1 saturated heterocycles. The summed E-state index contributed by atoms with van der Waals surface area (Å²) in [4.78, 5) is 18.3. The van der Waals surface area contributed by atoms with Crippen LogP contribution in [0.15, 0.2) is 42.5 Å². The molecule has 0 atom stereocenters. The van der Waals surface area contributed by atoms with Crippen molar-refractivity contribution in [2.24, 2.45) is 0 Å². The average Bonchev–Trinajstić information content (AvgIpc) is 2.97. The molecule has 1 aliphatic rings. The van der Waals surface area contributed by atoms with Gasteiger partial charge in [0.15, 0.2) is 0 Å². The number of likely N-dealkylation sites (tertiary alicyclic amines) is 1. The van der Waals surface area contributed by atoms with E-state index in [9.17, 15) is 9.90 Å². The number of aryl methyl sites for hydroxylation is 2. The number of nitrogens with zero attached hydrogens (tertiary/aromatic N) is 1. The normalized spacial score (nSPS) is 15.5. The minimum Gasteiger partial charge on any atom is -0.508 e. The molecular formula is C22H24N2O2. The first-order valence-corrected chi connectivity index (χ1v) is 9.20. The van der Waals surface area contributed by atoms with Crippen LogP contribution in [-0.4, -0.2) is 34.0 Å². The van der Waals surface area contributed by atoms with Crippen LogP contribution in [0.3, 0.4) is 0 Å². The molecule has 0 aliphatic carbocycles. The van der Waals surface area contributed by atoms with E-state index in [1.165, 1.54) is 5.56 Å². The van der Waals surface area contributed by atoms with Crippen molar-refractivity contribution in [3.05, 3.63) is 64.8 Å². The molecule has 134 valence electrons. The summed E-state index contributed by atoms with van der Waals surface area (Å²) in [6, 6.07) is 13.7. The third-order valence-corrected chi connectivity index (χ3v) is 5.55. The number of hydrogen-bond acceptors (Lipinski definition) is 2. The Bertz CT molecular complexity index is 965. The molecule has 1 aromatic heterocycles. The maximum absolute atomic E-state index is 13.0. The zero-order chi connectivity index (χ0) is 18.3. The van der Waals surface area contributed by atoms with Crippen molar-refractivity contribution in [1.82, 2.24) is 9.88 Å². The van der Waals surface area contributed by atoms with Gasteiger partial charge in [-0.3, -0.25) is 4.79 Å². The fourth-order valence-electron chi connectivity index (χ4n) is 4.01. The van der Waals surface area contributed by atoms with Crippen molar-refractivity contribution in [2.45, 2.75) is 32.6 Å². The van der Waals surface area contributed by atoms with Crippen LogP contribution in [0.4, 0.5) is 0 Å². The topological polar surface area (TPSA) is 56.3 Å². The SMILES string of the molecule is Cc1ccc2[nH]c(C(=O)N3CCC(c4cccc(O)c4)CC3)c(C)c2c1. The summed E-state index contributed by atoms with van der Waals surface area (Å²) in [7, 11) is 0. The molecule has 0 radical (unpaired) electrons. The summed E-state index contributed by atoms with van der Waals surface area (Å²) in [5.74, 6) is 0.799. The first-order chi connectivity index (χ1) is 12.5. The van der Waals surface area contributed by atoms with Crippen LogP contribution in [0.2, 0.25) is 0 Å². The maximum Gasteiger partial charge on any atom is 0.270 e. The highest BCUT2D eigenvalue weighted by atomic mass is 16.3. The molecule has 2 aromatic carbocycles. The Morgan fingerprint density at radius 2 is 1.88 bits per heavy atom. The van der Waals surface area contributed by atoms with Gasteiger partial charge in [-0.05, 0) is 68.0 Å². The number of nitrogens with one attached hydrogen (secondary N) is 1. The van der Waals surface area contributed by atoms with Crippen molar-refractivity contribution >= 4 is 16.8 Å². The van der Waals surface area contributed by atoms with Gasteiger partial charge < -0.3 is 15.0 Å². The molecule has 4 rings (SSSR count). The van der Waals surface area contributed by atoms with E-state index in [0.29, 0.717) is 17.4 Å². The van der Waals surface area contributed by atoms with Crippen LogP contribution in [0, 0.1) is 13.8 Å². The molecule has 4 nitrogen and oxygen atoms in total. The Morgan fingerprint density at radius 1 is 1.12 bits per heavy atom. The molecule has 4 heteroatoms. The van der Waals surface area contributed by atoms with Gasteiger partial charge in [0.1, 0.15) is 11.4 Å². The Labute approximate surface area is 153 Å². The number of phenols is 1. The number of aromatic amines is 1. The lowest BCUT2D eigenvalue weighted by Crippen LogP contribution is -2.38. The average molecular weight is 348 g/mol. The fourth-order valence-corrected chi connectivity index (χ4v) is 4.01. The van der Waals surface area contributed by atoms with Gasteiger partial charge in [0, 0.05) is 24.0 Å². The molecule has 0 spiro atoms. The van der Waals surface area contributed by atoms with Crippen LogP contribution >= 0.6 is 0 Å². The van der Waals surface area contributed by atoms with E-state index in [1.807, 2.05) is 30.0 Å². The number of phenolic OH excluding ortho intramolecular Hbond substituents is 1. The molecule has 2 heterocycles. The summed E-state index contributed by atoms with van der Waals surface area (Å²) in [5.41, 5.74) is 5.12. The zero-order valence-electron chi connectivity index (χ0n) is 15.2. The van der Waals surface area contributed by atoms with Crippen molar-refractivity contribution in [3.63, 3.8) is 0 Å². The van der Waals surface area contributed by atoms with Crippen molar-refractivity contribution in [2.75, 3.05) is 13.1 Å². The minimum atomic E-state index is 0.0886. The number of aromatic hydroxyl groups is 1. The number of aromatic nitrogens is 1. The first kappa shape index (κ1) is 16.7. The molecule has 1 amide bonds. The number of benzene rings is 2. The van der Waals surface area contributed by atoms with Crippen LogP contribution < -0.4 is 0 Å². The smallest absolute Gasteiger partial charge is 0.270 e. The van der Waals surface area contributed by atoms with E-state index in [2.05, 4.69) is 30.1 Å². The fraction of sp³-hybridized carbons (Fsp3) is 0.318. The first-order valence-electron chi connectivity index (χ1n) is 9.20. The highest BCUT2D eigenvalue weighted by Gasteiger charge is 2.26. The van der Waals surface area contributed by atoms with Gasteiger partial charge in [-0.1, -0.05) is 23.8 Å². The van der Waals surface area contributed by atoms with Crippen molar-refractivity contribution in [3.8, 4) is 5.75 Å². The standard InChI is InChI=1S/C22H24N2O2/c1-14-6-7-20-19(12-14)15(2)21(23-20)22(26)24-10-8-16(9-11-24)17-4-3-5-18(25)13-17/h3-7,12-13,16,23,25H,8-11H2,1-2H3. The molecule has 3 aromatic rings. The Hall–Kier alpha value is -2.75. The highest BCUT2D eigenvalue weighted by molar-refractivity contribution is 6.01. The van der Waals surface area contributed by atoms with Gasteiger partial charge in [-0.2, -0.15) is 0 Å². The lowest BCUT2D eigenvalue weighted by Gasteiger charge is -2.32. The zero-order valence-corrected chi connectivity index (χ0v) is 15.2. The molecule has 1 aliphatic heterocycles. The Morgan fingerprint density at radius 3 is 2.62 bits per heavy atom. The third kappa shape index (κ3) is 2.96. The van der Waals surface area contributed by atoms with Gasteiger partial charge in [-0.25, -0.2) is 0 Å². The molecule has 0 unspecified atom stereocenters. The second kappa shape index (κ2) is 6.52. The third-order valence-electron chi connectivity index (χ3n) is 5.55. The predicted octanol–water partition coefficient (Wildman–Crippen LogP) is 4.51. The molecular weight excluding hydrogens is 324 g/mol. The summed E-state index contributed by atoms with van der Waals surface area (Å²) in [6.07, 6.45) is 1.85. The second-order valence-electron chi connectivity index (χ2n) is 7.34. The van der Waals surface area contributed by atoms with Crippen molar-refractivity contribution < 1.29 is 9.90 Å². The quantitative estimate of drug-likeness (QED) is 0.716. The van der Waals surface area contributed by atoms with E-state index < -0.39 is 0 Å². The predicted molar refractivity (Wildman–Crippen MR) is 104 cm³/mol. The number of fused-ring (bicyclic) bond motifs is 1. The number of carbonyl (C=O) groups excluding carboxylic acids is 1. The van der Waals surface area contributed by atoms with Gasteiger partial charge in [0.25, 0.3) is 5.91 Å². The lowest BCUT2D eigenvalue weighted by molar-refractivity contribution is 0.0707.